The van der Waals surface area contributed by atoms with Crippen LogP contribution in [0.4, 0.5) is 5.69 Å². The fourth-order valence-electron chi connectivity index (χ4n) is 5.77. The van der Waals surface area contributed by atoms with Gasteiger partial charge in [-0.1, -0.05) is 0 Å². The molecule has 6 rings (SSSR count). The van der Waals surface area contributed by atoms with Gasteiger partial charge in [-0.15, -0.1) is 0 Å². The Bertz CT molecular complexity index is 1650. The van der Waals surface area contributed by atoms with E-state index in [4.69, 9.17) is 19.8 Å². The summed E-state index contributed by atoms with van der Waals surface area (Å²) in [5.41, 5.74) is 5.38. The van der Waals surface area contributed by atoms with E-state index in [0.29, 0.717) is 18.2 Å². The molecule has 204 valence electrons. The number of sulfone groups is 1. The SMILES string of the molecule is COc1ccncc1-c1cc2c(cnn2-c2cc(N3C[C@H](CS(C)(=O)=O)[C@H]3C)cc(C3CCNC3)n2)c(C)n1. The van der Waals surface area contributed by atoms with Gasteiger partial charge in [0.2, 0.25) is 0 Å². The second-order valence-electron chi connectivity index (χ2n) is 10.7. The first-order valence-electron chi connectivity index (χ1n) is 13.2. The smallest absolute Gasteiger partial charge is 0.156 e. The first-order valence-corrected chi connectivity index (χ1v) is 15.3. The summed E-state index contributed by atoms with van der Waals surface area (Å²) in [6.07, 6.45) is 7.63. The molecule has 0 radical (unpaired) electrons. The maximum Gasteiger partial charge on any atom is 0.156 e. The predicted molar refractivity (Wildman–Crippen MR) is 151 cm³/mol. The number of nitrogens with one attached hydrogen (secondary N) is 1. The van der Waals surface area contributed by atoms with Gasteiger partial charge in [0.05, 0.1) is 35.8 Å². The van der Waals surface area contributed by atoms with Crippen LogP contribution in [0.15, 0.2) is 42.9 Å². The zero-order valence-electron chi connectivity index (χ0n) is 22.6. The zero-order valence-corrected chi connectivity index (χ0v) is 23.4. The molecule has 3 atom stereocenters. The molecule has 0 aliphatic carbocycles. The monoisotopic (exact) mass is 547 g/mol. The van der Waals surface area contributed by atoms with Crippen molar-refractivity contribution < 1.29 is 13.2 Å². The zero-order chi connectivity index (χ0) is 27.3. The molecule has 10 nitrogen and oxygen atoms in total. The fourth-order valence-corrected chi connectivity index (χ4v) is 6.93. The number of hydrogen-bond acceptors (Lipinski definition) is 9. The Morgan fingerprint density at radius 3 is 2.74 bits per heavy atom. The second-order valence-corrected chi connectivity index (χ2v) is 12.9. The van der Waals surface area contributed by atoms with Crippen molar-refractivity contribution in [3.05, 3.63) is 54.2 Å². The molecular formula is C28H33N7O3S. The molecular weight excluding hydrogens is 514 g/mol. The van der Waals surface area contributed by atoms with E-state index in [2.05, 4.69) is 34.3 Å². The van der Waals surface area contributed by atoms with Crippen LogP contribution >= 0.6 is 0 Å². The Hall–Kier alpha value is -3.57. The maximum atomic E-state index is 11.9. The van der Waals surface area contributed by atoms with Gasteiger partial charge in [0, 0.05) is 78.1 Å². The van der Waals surface area contributed by atoms with Gasteiger partial charge in [-0.2, -0.15) is 5.10 Å². The number of methoxy groups -OCH3 is 1. The summed E-state index contributed by atoms with van der Waals surface area (Å²) in [6.45, 7) is 6.63. The van der Waals surface area contributed by atoms with Crippen LogP contribution in [0.3, 0.4) is 0 Å². The van der Waals surface area contributed by atoms with Crippen LogP contribution in [0.1, 0.15) is 30.7 Å². The van der Waals surface area contributed by atoms with Crippen molar-refractivity contribution in [1.29, 1.82) is 0 Å². The van der Waals surface area contributed by atoms with Gasteiger partial charge in [0.25, 0.3) is 0 Å². The van der Waals surface area contributed by atoms with Crippen molar-refractivity contribution in [2.45, 2.75) is 32.2 Å². The van der Waals surface area contributed by atoms with Gasteiger partial charge in [-0.25, -0.2) is 18.1 Å². The maximum absolute atomic E-state index is 11.9. The van der Waals surface area contributed by atoms with Crippen molar-refractivity contribution in [3.63, 3.8) is 0 Å². The Balaban J connectivity index is 1.44. The second kappa shape index (κ2) is 9.87. The quantitative estimate of drug-likeness (QED) is 0.373. The molecule has 0 bridgehead atoms. The Morgan fingerprint density at radius 1 is 1.18 bits per heavy atom. The third-order valence-corrected chi connectivity index (χ3v) is 9.03. The van der Waals surface area contributed by atoms with Crippen LogP contribution in [-0.4, -0.2) is 77.9 Å². The van der Waals surface area contributed by atoms with Crippen LogP contribution < -0.4 is 15.0 Å². The Labute approximate surface area is 228 Å². The first-order chi connectivity index (χ1) is 18.7. The molecule has 2 fully saturated rings. The molecule has 4 aromatic heterocycles. The third kappa shape index (κ3) is 4.85. The lowest BCUT2D eigenvalue weighted by Crippen LogP contribution is -2.57. The van der Waals surface area contributed by atoms with E-state index in [1.165, 1.54) is 6.26 Å². The molecule has 0 spiro atoms. The molecule has 1 unspecified atom stereocenters. The predicted octanol–water partition coefficient (Wildman–Crippen LogP) is 3.14. The largest absolute Gasteiger partial charge is 0.496 e. The minimum atomic E-state index is -3.03. The average Bonchev–Trinajstić information content (AvgIpc) is 3.61. The van der Waals surface area contributed by atoms with E-state index in [1.807, 2.05) is 29.9 Å². The van der Waals surface area contributed by atoms with E-state index in [-0.39, 0.29) is 17.7 Å². The van der Waals surface area contributed by atoms with E-state index < -0.39 is 9.84 Å². The lowest BCUT2D eigenvalue weighted by Gasteiger charge is -2.48. The molecule has 2 aliphatic rings. The highest BCUT2D eigenvalue weighted by Gasteiger charge is 2.38. The summed E-state index contributed by atoms with van der Waals surface area (Å²) in [6, 6.07) is 8.18. The molecule has 2 aliphatic heterocycles. The normalized spacial score (nSPS) is 21.3. The third-order valence-electron chi connectivity index (χ3n) is 8.00. The minimum Gasteiger partial charge on any atom is -0.496 e. The summed E-state index contributed by atoms with van der Waals surface area (Å²) < 4.78 is 31.3. The summed E-state index contributed by atoms with van der Waals surface area (Å²) in [7, 11) is -1.39. The molecule has 0 saturated carbocycles. The molecule has 39 heavy (non-hydrogen) atoms. The van der Waals surface area contributed by atoms with Gasteiger partial charge in [0.15, 0.2) is 5.82 Å². The molecule has 0 amide bonds. The highest BCUT2D eigenvalue weighted by atomic mass is 32.2. The number of hydrogen-bond donors (Lipinski definition) is 1. The molecule has 4 aromatic rings. The summed E-state index contributed by atoms with van der Waals surface area (Å²) in [5.74, 6) is 2.07. The number of fused-ring (bicyclic) bond motifs is 1. The summed E-state index contributed by atoms with van der Waals surface area (Å²) >= 11 is 0. The number of nitrogens with zero attached hydrogens (tertiary/aromatic N) is 6. The standard InChI is InChI=1S/C28H33N7O3S/c1-17-22-14-31-35(26(22)11-25(32-17)23-13-30-8-6-27(23)38-3)28-10-21(9-24(33-28)19-5-7-29-12-19)34-15-20(18(34)2)16-39(4,36)37/h6,8-11,13-14,18-20,29H,5,7,12,15-16H2,1-4H3/t18-,19?,20-/m1/s1. The number of anilines is 1. The average molecular weight is 548 g/mol. The molecule has 6 heterocycles. The van der Waals surface area contributed by atoms with Gasteiger partial charge in [-0.05, 0) is 45.0 Å². The van der Waals surface area contributed by atoms with Gasteiger partial charge in [-0.3, -0.25) is 9.97 Å². The van der Waals surface area contributed by atoms with Crippen LogP contribution in [0.25, 0.3) is 28.0 Å². The number of aryl methyl sites for hydroxylation is 1. The van der Waals surface area contributed by atoms with Gasteiger partial charge < -0.3 is 15.0 Å². The van der Waals surface area contributed by atoms with Crippen LogP contribution in [0.5, 0.6) is 5.75 Å². The number of ether oxygens (including phenoxy) is 1. The van der Waals surface area contributed by atoms with Crippen LogP contribution in [0.2, 0.25) is 0 Å². The molecule has 11 heteroatoms. The summed E-state index contributed by atoms with van der Waals surface area (Å²) in [4.78, 5) is 16.5. The summed E-state index contributed by atoms with van der Waals surface area (Å²) in [5, 5.41) is 9.15. The molecule has 2 saturated heterocycles. The van der Waals surface area contributed by atoms with Gasteiger partial charge in [0.1, 0.15) is 15.6 Å². The number of rotatable bonds is 7. The van der Waals surface area contributed by atoms with E-state index in [0.717, 1.165) is 64.6 Å². The highest BCUT2D eigenvalue weighted by Crippen LogP contribution is 2.36. The Kier molecular flexibility index (Phi) is 6.50. The van der Waals surface area contributed by atoms with Gasteiger partial charge >= 0.3 is 0 Å². The van der Waals surface area contributed by atoms with Crippen LogP contribution in [0, 0.1) is 12.8 Å². The number of aromatic nitrogens is 5. The highest BCUT2D eigenvalue weighted by molar-refractivity contribution is 7.90. The van der Waals surface area contributed by atoms with Crippen molar-refractivity contribution in [2.24, 2.45) is 5.92 Å². The van der Waals surface area contributed by atoms with E-state index in [9.17, 15) is 8.42 Å². The van der Waals surface area contributed by atoms with Crippen molar-refractivity contribution in [3.8, 4) is 22.8 Å². The topological polar surface area (TPSA) is 115 Å². The molecule has 0 aromatic carbocycles. The van der Waals surface area contributed by atoms with Crippen LogP contribution in [-0.2, 0) is 9.84 Å². The first kappa shape index (κ1) is 25.7. The molecule has 1 N–H and O–H groups in total. The Morgan fingerprint density at radius 2 is 2.03 bits per heavy atom. The van der Waals surface area contributed by atoms with Crippen molar-refractivity contribution in [2.75, 3.05) is 43.7 Å². The lowest BCUT2D eigenvalue weighted by molar-refractivity contribution is 0.341. The fraction of sp³-hybridized carbons (Fsp3) is 0.429. The van der Waals surface area contributed by atoms with E-state index >= 15 is 0 Å². The van der Waals surface area contributed by atoms with Crippen molar-refractivity contribution in [1.82, 2.24) is 30.0 Å². The lowest BCUT2D eigenvalue weighted by atomic mass is 9.90. The minimum absolute atomic E-state index is 0.115. The number of pyridine rings is 3. The van der Waals surface area contributed by atoms with Crippen molar-refractivity contribution >= 4 is 26.4 Å². The van der Waals surface area contributed by atoms with E-state index in [1.54, 1.807) is 19.5 Å².